The maximum absolute atomic E-state index is 14.1. The highest BCUT2D eigenvalue weighted by Crippen LogP contribution is 2.42. The molecule has 0 radical (unpaired) electrons. The number of pyridine rings is 3. The predicted molar refractivity (Wildman–Crippen MR) is 265 cm³/mol. The highest BCUT2D eigenvalue weighted by molar-refractivity contribution is 7.14. The summed E-state index contributed by atoms with van der Waals surface area (Å²) in [4.78, 5) is 78.8. The summed E-state index contributed by atoms with van der Waals surface area (Å²) >= 11 is 1.64. The number of aliphatic hydroxyl groups is 1. The highest BCUT2D eigenvalue weighted by Gasteiger charge is 2.40. The Kier molecular flexibility index (Phi) is 12.1. The number of carbonyl (C=O) groups excluding carboxylic acids is 4. The van der Waals surface area contributed by atoms with Gasteiger partial charge in [-0.15, -0.1) is 11.3 Å². The van der Waals surface area contributed by atoms with E-state index in [1.165, 1.54) is 28.8 Å². The largest absolute Gasteiger partial charge is 0.480 e. The van der Waals surface area contributed by atoms with Crippen molar-refractivity contribution in [1.82, 2.24) is 30.1 Å². The third kappa shape index (κ3) is 8.37. The molecule has 17 heteroatoms. The lowest BCUT2D eigenvalue weighted by Gasteiger charge is -2.46. The number of amides is 4. The molecule has 9 heterocycles. The molecule has 4 amide bonds. The van der Waals surface area contributed by atoms with E-state index in [1.54, 1.807) is 47.6 Å². The zero-order valence-electron chi connectivity index (χ0n) is 39.4. The first-order valence-corrected chi connectivity index (χ1v) is 25.3. The lowest BCUT2D eigenvalue weighted by Crippen LogP contribution is -2.57. The SMILES string of the molecule is COc1ncc(-c2ccnc(N3CCc4c(sc5c4CCCC5)C3=O)c2C(C)O)cc1Nc1ccc(N2CCN(C3CCN(c4ccc5c(c4)CN([C@H]4CCC(=O)NC4=O)C5=O)CC3)C[C@@H]2C)cn1. The number of benzene rings is 1. The number of hydrogen-bond acceptors (Lipinski definition) is 14. The van der Waals surface area contributed by atoms with E-state index >= 15 is 0 Å². The maximum atomic E-state index is 14.1. The van der Waals surface area contributed by atoms with Gasteiger partial charge in [-0.3, -0.25) is 34.3 Å². The number of carbonyl (C=O) groups is 4. The first-order chi connectivity index (χ1) is 33.5. The van der Waals surface area contributed by atoms with Crippen LogP contribution in [0.5, 0.6) is 5.88 Å². The molecule has 3 N–H and O–H groups in total. The van der Waals surface area contributed by atoms with Gasteiger partial charge in [-0.1, -0.05) is 0 Å². The normalized spacial score (nSPS) is 21.5. The van der Waals surface area contributed by atoms with Crippen LogP contribution in [0.25, 0.3) is 11.1 Å². The number of ether oxygens (including phenoxy) is 1. The van der Waals surface area contributed by atoms with E-state index in [0.717, 1.165) is 97.8 Å². The van der Waals surface area contributed by atoms with Crippen LogP contribution in [0.15, 0.2) is 61.1 Å². The van der Waals surface area contributed by atoms with E-state index in [9.17, 15) is 24.3 Å². The molecular weight excluding hydrogens is 893 g/mol. The number of aromatic nitrogens is 3. The third-order valence-corrected chi connectivity index (χ3v) is 16.5. The van der Waals surface area contributed by atoms with Crippen molar-refractivity contribution in [3.63, 3.8) is 0 Å². The van der Waals surface area contributed by atoms with Gasteiger partial charge >= 0.3 is 0 Å². The molecule has 1 unspecified atom stereocenters. The number of piperidine rings is 2. The molecule has 4 aromatic heterocycles. The van der Waals surface area contributed by atoms with Crippen molar-refractivity contribution in [1.29, 1.82) is 0 Å². The Morgan fingerprint density at radius 2 is 1.65 bits per heavy atom. The maximum Gasteiger partial charge on any atom is 0.269 e. The quantitative estimate of drug-likeness (QED) is 0.131. The molecule has 11 rings (SSSR count). The predicted octanol–water partition coefficient (Wildman–Crippen LogP) is 6.43. The van der Waals surface area contributed by atoms with Crippen molar-refractivity contribution in [2.24, 2.45) is 0 Å². The molecule has 16 nitrogen and oxygen atoms in total. The third-order valence-electron chi connectivity index (χ3n) is 15.2. The summed E-state index contributed by atoms with van der Waals surface area (Å²) in [5.41, 5.74) is 9.00. The van der Waals surface area contributed by atoms with Crippen molar-refractivity contribution in [3.8, 4) is 17.0 Å². The number of methoxy groups -OCH3 is 1. The van der Waals surface area contributed by atoms with Crippen LogP contribution in [0.1, 0.15) is 106 Å². The van der Waals surface area contributed by atoms with Crippen LogP contribution >= 0.6 is 11.3 Å². The second kappa shape index (κ2) is 18.5. The Balaban J connectivity index is 0.721. The topological polar surface area (TPSA) is 177 Å². The molecule has 5 aliphatic heterocycles. The first-order valence-electron chi connectivity index (χ1n) is 24.5. The Labute approximate surface area is 405 Å². The minimum atomic E-state index is -0.903. The first kappa shape index (κ1) is 45.0. The Morgan fingerprint density at radius 3 is 2.42 bits per heavy atom. The standard InChI is InChI=1S/C52H58N10O6S/c1-30-28-59(34-15-19-58(20-16-34)35-8-10-38-33(24-35)29-62(51(38)66)42-11-13-45(64)57-49(42)65)22-23-60(30)36-9-12-44(54-27-36)56-41-25-32(26-55-50(41)68-3)37-14-18-53-48(46(37)31(2)63)61-21-17-40-39-6-4-5-7-43(39)69-47(40)52(61)67/h8-10,12,14,18,24-27,30-31,34,42,63H,4-7,11,13,15-17,19-23,28-29H2,1-3H3,(H,54,56)(H,57,64,65)/t30-,31?,42-/m0/s1. The minimum absolute atomic E-state index is 0.0434. The van der Waals surface area contributed by atoms with Gasteiger partial charge in [0.2, 0.25) is 17.7 Å². The van der Waals surface area contributed by atoms with E-state index in [1.807, 2.05) is 36.5 Å². The number of rotatable bonds is 10. The number of aliphatic hydroxyl groups excluding tert-OH is 1. The second-order valence-electron chi connectivity index (χ2n) is 19.3. The van der Waals surface area contributed by atoms with Crippen molar-refractivity contribution in [2.45, 2.75) is 102 Å². The minimum Gasteiger partial charge on any atom is -0.480 e. The second-order valence-corrected chi connectivity index (χ2v) is 20.4. The van der Waals surface area contributed by atoms with Gasteiger partial charge < -0.3 is 29.9 Å². The van der Waals surface area contributed by atoms with Crippen LogP contribution in [-0.4, -0.2) is 118 Å². The van der Waals surface area contributed by atoms with Gasteiger partial charge in [0.15, 0.2) is 0 Å². The molecule has 358 valence electrons. The van der Waals surface area contributed by atoms with Gasteiger partial charge in [-0.25, -0.2) is 15.0 Å². The Morgan fingerprint density at radius 1 is 0.826 bits per heavy atom. The van der Waals surface area contributed by atoms with Gasteiger partial charge in [-0.2, -0.15) is 0 Å². The lowest BCUT2D eigenvalue weighted by atomic mass is 9.91. The molecule has 3 atom stereocenters. The molecule has 3 fully saturated rings. The fourth-order valence-electron chi connectivity index (χ4n) is 11.6. The van der Waals surface area contributed by atoms with E-state index in [-0.39, 0.29) is 36.1 Å². The van der Waals surface area contributed by atoms with Crippen molar-refractivity contribution < 1.29 is 29.0 Å². The summed E-state index contributed by atoms with van der Waals surface area (Å²) in [7, 11) is 1.58. The fourth-order valence-corrected chi connectivity index (χ4v) is 13.0. The summed E-state index contributed by atoms with van der Waals surface area (Å²) < 4.78 is 5.69. The van der Waals surface area contributed by atoms with Crippen LogP contribution in [0.4, 0.5) is 28.7 Å². The average Bonchev–Trinajstić information content (AvgIpc) is 3.91. The van der Waals surface area contributed by atoms with Crippen LogP contribution in [-0.2, 0) is 35.4 Å². The van der Waals surface area contributed by atoms with Crippen molar-refractivity contribution in [3.05, 3.63) is 98.6 Å². The average molecular weight is 951 g/mol. The highest BCUT2D eigenvalue weighted by atomic mass is 32.1. The van der Waals surface area contributed by atoms with Gasteiger partial charge in [-0.05, 0) is 130 Å². The van der Waals surface area contributed by atoms with Crippen LogP contribution in [0.2, 0.25) is 0 Å². The number of fused-ring (bicyclic) bond motifs is 4. The van der Waals surface area contributed by atoms with Crippen LogP contribution in [0, 0.1) is 0 Å². The van der Waals surface area contributed by atoms with E-state index in [0.29, 0.717) is 59.9 Å². The molecule has 0 saturated carbocycles. The number of thiophene rings is 1. The van der Waals surface area contributed by atoms with Crippen LogP contribution in [0.3, 0.4) is 0 Å². The molecule has 3 saturated heterocycles. The van der Waals surface area contributed by atoms with E-state index < -0.39 is 12.1 Å². The number of anilines is 5. The number of piperazine rings is 1. The van der Waals surface area contributed by atoms with Gasteiger partial charge in [0, 0.05) is 104 Å². The molecule has 1 aliphatic carbocycles. The number of imide groups is 1. The monoisotopic (exact) mass is 950 g/mol. The summed E-state index contributed by atoms with van der Waals surface area (Å²) in [6.45, 7) is 9.52. The van der Waals surface area contributed by atoms with E-state index in [2.05, 4.69) is 49.4 Å². The van der Waals surface area contributed by atoms with Crippen molar-refractivity contribution >= 4 is 63.7 Å². The molecule has 0 bridgehead atoms. The number of nitrogens with zero attached hydrogens (tertiary/aromatic N) is 8. The Bertz CT molecular complexity index is 2840. The van der Waals surface area contributed by atoms with Gasteiger partial charge in [0.1, 0.15) is 23.4 Å². The number of nitrogens with one attached hydrogen (secondary N) is 2. The summed E-state index contributed by atoms with van der Waals surface area (Å²) in [6, 6.07) is 14.1. The van der Waals surface area contributed by atoms with Crippen LogP contribution < -0.4 is 30.1 Å². The fraction of sp³-hybridized carbons (Fsp3) is 0.442. The molecule has 6 aliphatic rings. The van der Waals surface area contributed by atoms with Gasteiger partial charge in [0.25, 0.3) is 11.8 Å². The van der Waals surface area contributed by atoms with Gasteiger partial charge in [0.05, 0.1) is 30.0 Å². The number of hydrogen-bond donors (Lipinski definition) is 3. The summed E-state index contributed by atoms with van der Waals surface area (Å²) in [5, 5.41) is 17.1. The zero-order valence-corrected chi connectivity index (χ0v) is 40.2. The summed E-state index contributed by atoms with van der Waals surface area (Å²) in [6.07, 6.45) is 12.3. The molecule has 1 aromatic carbocycles. The van der Waals surface area contributed by atoms with E-state index in [4.69, 9.17) is 14.7 Å². The molecule has 69 heavy (non-hydrogen) atoms. The Hall–Kier alpha value is -6.43. The molecular formula is C52H58N10O6S. The smallest absolute Gasteiger partial charge is 0.269 e. The zero-order chi connectivity index (χ0) is 47.5. The number of aryl methyl sites for hydroxylation is 1. The molecule has 5 aromatic rings. The summed E-state index contributed by atoms with van der Waals surface area (Å²) in [5.74, 6) is 0.648. The molecule has 0 spiro atoms. The lowest BCUT2D eigenvalue weighted by molar-refractivity contribution is -0.136. The van der Waals surface area contributed by atoms with Crippen molar-refractivity contribution in [2.75, 3.05) is 66.4 Å².